The fourth-order valence-corrected chi connectivity index (χ4v) is 7.59. The molecule has 1 aromatic heterocycles. The van der Waals surface area contributed by atoms with Crippen LogP contribution in [0.2, 0.25) is 0 Å². The lowest BCUT2D eigenvalue weighted by molar-refractivity contribution is 0.670. The van der Waals surface area contributed by atoms with E-state index in [0.29, 0.717) is 0 Å². The Labute approximate surface area is 248 Å². The summed E-state index contributed by atoms with van der Waals surface area (Å²) < 4.78 is 6.82. The van der Waals surface area contributed by atoms with Gasteiger partial charge in [-0.25, -0.2) is 0 Å². The van der Waals surface area contributed by atoms with Crippen LogP contribution in [0.5, 0.6) is 0 Å². The molecule has 1 nitrogen and oxygen atoms in total. The Balaban J connectivity index is 1.41. The van der Waals surface area contributed by atoms with E-state index in [9.17, 15) is 0 Å². The van der Waals surface area contributed by atoms with Gasteiger partial charge < -0.3 is 4.42 Å². The van der Waals surface area contributed by atoms with Crippen LogP contribution in [0.1, 0.15) is 0 Å². The normalized spacial score (nSPS) is 12.2. The SMILES string of the molecule is c1ccc(-c2c3ccccc3c3c4c(cccc24)-c2cccc4oc5c(-c6ccc7ccccc7c6)ccc-3c5c24)cc1. The first-order valence-electron chi connectivity index (χ1n) is 14.9. The van der Waals surface area contributed by atoms with Gasteiger partial charge >= 0.3 is 0 Å². The zero-order valence-corrected chi connectivity index (χ0v) is 23.3. The van der Waals surface area contributed by atoms with Crippen molar-refractivity contribution in [2.75, 3.05) is 0 Å². The van der Waals surface area contributed by atoms with Crippen LogP contribution in [-0.4, -0.2) is 0 Å². The van der Waals surface area contributed by atoms with Crippen molar-refractivity contribution in [3.63, 3.8) is 0 Å². The van der Waals surface area contributed by atoms with Crippen LogP contribution in [0.4, 0.5) is 0 Å². The van der Waals surface area contributed by atoms with Crippen molar-refractivity contribution in [3.05, 3.63) is 146 Å². The quantitative estimate of drug-likeness (QED) is 0.197. The van der Waals surface area contributed by atoms with E-state index in [1.54, 1.807) is 0 Å². The number of hydrogen-bond donors (Lipinski definition) is 0. The predicted molar refractivity (Wildman–Crippen MR) is 182 cm³/mol. The Bertz CT molecular complexity index is 2600. The molecule has 0 bridgehead atoms. The maximum atomic E-state index is 6.82. The second kappa shape index (κ2) is 8.44. The molecule has 1 heteroatoms. The zero-order valence-electron chi connectivity index (χ0n) is 23.3. The van der Waals surface area contributed by atoms with Crippen LogP contribution in [-0.2, 0) is 0 Å². The van der Waals surface area contributed by atoms with Gasteiger partial charge in [0.1, 0.15) is 11.2 Å². The molecule has 198 valence electrons. The van der Waals surface area contributed by atoms with E-state index in [1.807, 2.05) is 0 Å². The largest absolute Gasteiger partial charge is 0.455 e. The fourth-order valence-electron chi connectivity index (χ4n) is 7.59. The third-order valence-electron chi connectivity index (χ3n) is 9.38. The van der Waals surface area contributed by atoms with E-state index >= 15 is 0 Å². The molecule has 0 fully saturated rings. The first-order valence-corrected chi connectivity index (χ1v) is 14.9. The van der Waals surface area contributed by atoms with Crippen molar-refractivity contribution < 1.29 is 4.42 Å². The summed E-state index contributed by atoms with van der Waals surface area (Å²) in [6.07, 6.45) is 0. The van der Waals surface area contributed by atoms with E-state index in [2.05, 4.69) is 146 Å². The lowest BCUT2D eigenvalue weighted by atomic mass is 9.83. The maximum Gasteiger partial charge on any atom is 0.143 e. The maximum absolute atomic E-state index is 6.82. The molecule has 1 aliphatic carbocycles. The number of rotatable bonds is 2. The summed E-state index contributed by atoms with van der Waals surface area (Å²) in [5.74, 6) is 0. The number of hydrogen-bond acceptors (Lipinski definition) is 1. The van der Waals surface area contributed by atoms with Gasteiger partial charge in [-0.3, -0.25) is 0 Å². The summed E-state index contributed by atoms with van der Waals surface area (Å²) in [7, 11) is 0. The van der Waals surface area contributed by atoms with Gasteiger partial charge in [0.05, 0.1) is 0 Å². The van der Waals surface area contributed by atoms with Crippen LogP contribution in [0.25, 0.3) is 98.8 Å². The minimum absolute atomic E-state index is 0.930. The van der Waals surface area contributed by atoms with E-state index in [0.717, 1.165) is 16.7 Å². The first kappa shape index (κ1) is 23.0. The van der Waals surface area contributed by atoms with Crippen molar-refractivity contribution >= 4 is 54.3 Å². The molecule has 0 saturated heterocycles. The van der Waals surface area contributed by atoms with Crippen LogP contribution in [0.15, 0.2) is 150 Å². The van der Waals surface area contributed by atoms with Gasteiger partial charge in [-0.2, -0.15) is 0 Å². The Morgan fingerprint density at radius 3 is 1.88 bits per heavy atom. The predicted octanol–water partition coefficient (Wildman–Crippen LogP) is 12.0. The van der Waals surface area contributed by atoms with Gasteiger partial charge in [0.15, 0.2) is 0 Å². The van der Waals surface area contributed by atoms with Crippen LogP contribution in [0.3, 0.4) is 0 Å². The van der Waals surface area contributed by atoms with Gasteiger partial charge in [0.25, 0.3) is 0 Å². The summed E-state index contributed by atoms with van der Waals surface area (Å²) in [4.78, 5) is 0. The first-order chi connectivity index (χ1) is 21.3. The molecule has 8 aromatic carbocycles. The molecule has 1 aliphatic rings. The number of furan rings is 1. The standard InChI is InChI=1S/C42H24O/c1-2-11-26(12-3-1)37-30-14-6-7-15-31(30)39-35-23-22-29(28-21-20-25-10-4-5-13-27(25)24-28)42-41(35)40-33(17-9-19-36(40)43-42)32-16-8-18-34(37)38(32)39/h1-24H. The Hall–Kier alpha value is -5.66. The highest BCUT2D eigenvalue weighted by molar-refractivity contribution is 6.33. The van der Waals surface area contributed by atoms with Gasteiger partial charge in [-0.15, -0.1) is 0 Å². The van der Waals surface area contributed by atoms with Gasteiger partial charge in [-0.05, 0) is 89.5 Å². The van der Waals surface area contributed by atoms with E-state index < -0.39 is 0 Å². The Morgan fingerprint density at radius 1 is 0.349 bits per heavy atom. The fraction of sp³-hybridized carbons (Fsp3) is 0. The lowest BCUT2D eigenvalue weighted by Gasteiger charge is -2.19. The van der Waals surface area contributed by atoms with E-state index in [-0.39, 0.29) is 0 Å². The van der Waals surface area contributed by atoms with Crippen molar-refractivity contribution in [3.8, 4) is 44.5 Å². The molecule has 9 aromatic rings. The Kier molecular flexibility index (Phi) is 4.51. The van der Waals surface area contributed by atoms with Crippen LogP contribution >= 0.6 is 0 Å². The summed E-state index contributed by atoms with van der Waals surface area (Å²) in [6, 6.07) is 53.0. The summed E-state index contributed by atoms with van der Waals surface area (Å²) in [6.45, 7) is 0. The summed E-state index contributed by atoms with van der Waals surface area (Å²) in [5.41, 5.74) is 11.7. The van der Waals surface area contributed by atoms with E-state index in [4.69, 9.17) is 4.42 Å². The second-order valence-electron chi connectivity index (χ2n) is 11.6. The van der Waals surface area contributed by atoms with Crippen molar-refractivity contribution in [1.82, 2.24) is 0 Å². The van der Waals surface area contributed by atoms with Crippen molar-refractivity contribution in [2.45, 2.75) is 0 Å². The molecular formula is C42H24O. The molecular weight excluding hydrogens is 520 g/mol. The monoisotopic (exact) mass is 544 g/mol. The van der Waals surface area contributed by atoms with Crippen LogP contribution in [0, 0.1) is 0 Å². The molecule has 0 atom stereocenters. The lowest BCUT2D eigenvalue weighted by Crippen LogP contribution is -1.92. The Morgan fingerprint density at radius 2 is 1.02 bits per heavy atom. The molecule has 1 heterocycles. The molecule has 10 rings (SSSR count). The topological polar surface area (TPSA) is 13.1 Å². The summed E-state index contributed by atoms with van der Waals surface area (Å²) >= 11 is 0. The molecule has 0 aliphatic heterocycles. The van der Waals surface area contributed by atoms with Crippen LogP contribution < -0.4 is 0 Å². The molecule has 0 amide bonds. The highest BCUT2D eigenvalue weighted by Crippen LogP contribution is 2.54. The highest BCUT2D eigenvalue weighted by atomic mass is 16.3. The molecule has 0 radical (unpaired) electrons. The number of fused-ring (bicyclic) bond motifs is 5. The average Bonchev–Trinajstić information content (AvgIpc) is 3.41. The zero-order chi connectivity index (χ0) is 28.1. The third-order valence-corrected chi connectivity index (χ3v) is 9.38. The molecule has 0 unspecified atom stereocenters. The minimum atomic E-state index is 0.930. The van der Waals surface area contributed by atoms with Crippen molar-refractivity contribution in [2.24, 2.45) is 0 Å². The molecule has 0 spiro atoms. The smallest absolute Gasteiger partial charge is 0.143 e. The van der Waals surface area contributed by atoms with Gasteiger partial charge in [-0.1, -0.05) is 127 Å². The van der Waals surface area contributed by atoms with Crippen molar-refractivity contribution in [1.29, 1.82) is 0 Å². The third kappa shape index (κ3) is 3.06. The molecule has 43 heavy (non-hydrogen) atoms. The van der Waals surface area contributed by atoms with Gasteiger partial charge in [0, 0.05) is 16.3 Å². The average molecular weight is 545 g/mol. The summed E-state index contributed by atoms with van der Waals surface area (Å²) in [5, 5.41) is 10.00. The molecule has 0 saturated carbocycles. The second-order valence-corrected chi connectivity index (χ2v) is 11.6. The van der Waals surface area contributed by atoms with E-state index in [1.165, 1.54) is 82.0 Å². The van der Waals surface area contributed by atoms with Gasteiger partial charge in [0.2, 0.25) is 0 Å². The minimum Gasteiger partial charge on any atom is -0.455 e. The number of benzene rings is 8. The highest BCUT2D eigenvalue weighted by Gasteiger charge is 2.28. The molecule has 0 N–H and O–H groups in total.